The van der Waals surface area contributed by atoms with Crippen molar-refractivity contribution in [3.05, 3.63) is 107 Å². The molecule has 1 amide bonds. The number of hydrogen-bond acceptors (Lipinski definition) is 8. The summed E-state index contributed by atoms with van der Waals surface area (Å²) in [5.74, 6) is -5.06. The largest absolute Gasteiger partial charge is 0.466 e. The lowest BCUT2D eigenvalue weighted by molar-refractivity contribution is -0.218. The molecule has 2 bridgehead atoms. The predicted molar refractivity (Wildman–Crippen MR) is 152 cm³/mol. The molecule has 0 aliphatic carbocycles. The van der Waals surface area contributed by atoms with E-state index < -0.39 is 41.3 Å². The summed E-state index contributed by atoms with van der Waals surface area (Å²) in [6.45, 7) is 4.14. The third-order valence-corrected chi connectivity index (χ3v) is 8.16. The Morgan fingerprint density at radius 2 is 1.60 bits per heavy atom. The van der Waals surface area contributed by atoms with Crippen LogP contribution in [-0.2, 0) is 35.1 Å². The minimum Gasteiger partial charge on any atom is -0.466 e. The van der Waals surface area contributed by atoms with E-state index in [0.29, 0.717) is 23.4 Å². The molecule has 1 unspecified atom stereocenters. The van der Waals surface area contributed by atoms with Gasteiger partial charge >= 0.3 is 11.9 Å². The molecular weight excluding hydrogens is 536 g/mol. The summed E-state index contributed by atoms with van der Waals surface area (Å²) < 4.78 is 23.6. The molecule has 6 rings (SSSR count). The summed E-state index contributed by atoms with van der Waals surface area (Å²) in [6.07, 6.45) is 0. The van der Waals surface area contributed by atoms with Gasteiger partial charge in [-0.1, -0.05) is 72.8 Å². The molecule has 1 spiro atoms. The summed E-state index contributed by atoms with van der Waals surface area (Å²) in [5, 5.41) is 0. The second kappa shape index (κ2) is 10.8. The molecule has 0 N–H and O–H groups in total. The highest BCUT2D eigenvalue weighted by atomic mass is 16.7. The molecule has 3 aliphatic rings. The number of nitrogens with zero attached hydrogens (tertiary/aromatic N) is 2. The zero-order valence-electron chi connectivity index (χ0n) is 23.7. The monoisotopic (exact) mass is 568 g/mol. The number of methoxy groups -OCH3 is 1. The highest BCUT2D eigenvalue weighted by Crippen LogP contribution is 2.65. The lowest BCUT2D eigenvalue weighted by Gasteiger charge is -2.34. The van der Waals surface area contributed by atoms with Crippen molar-refractivity contribution in [2.75, 3.05) is 20.3 Å². The molecule has 3 aromatic rings. The van der Waals surface area contributed by atoms with E-state index in [1.165, 1.54) is 7.11 Å². The number of benzene rings is 3. The van der Waals surface area contributed by atoms with E-state index in [0.717, 1.165) is 11.1 Å². The van der Waals surface area contributed by atoms with Gasteiger partial charge in [0.15, 0.2) is 5.72 Å². The van der Waals surface area contributed by atoms with E-state index in [1.54, 1.807) is 43.0 Å². The van der Waals surface area contributed by atoms with Crippen LogP contribution in [0.3, 0.4) is 0 Å². The molecule has 9 nitrogen and oxygen atoms in total. The zero-order chi connectivity index (χ0) is 29.5. The second-order valence-corrected chi connectivity index (χ2v) is 10.5. The fourth-order valence-electron chi connectivity index (χ4n) is 6.58. The van der Waals surface area contributed by atoms with Crippen molar-refractivity contribution in [1.82, 2.24) is 4.90 Å². The Morgan fingerprint density at radius 3 is 2.21 bits per heavy atom. The van der Waals surface area contributed by atoms with Crippen LogP contribution in [0.1, 0.15) is 46.9 Å². The molecule has 9 heteroatoms. The van der Waals surface area contributed by atoms with E-state index in [-0.39, 0.29) is 19.1 Å². The highest BCUT2D eigenvalue weighted by molar-refractivity contribution is 6.12. The van der Waals surface area contributed by atoms with Crippen molar-refractivity contribution in [1.29, 1.82) is 0 Å². The standard InChI is InChI=1S/C33H32N2O7/c1-4-40-31(38)26-25-29(36)35(20-21-12-8-6-9-13-21)28(23-14-10-7-11-15-23)32(25)34-27(33(26,42-32)41-5-2)22-16-18-24(19-17-22)30(37)39-3/h6-19,25-26,28H,4-5,20H2,1-3H3/t25-,26-,28?,32-,33-/m1/s1. The average Bonchev–Trinajstić information content (AvgIpc) is 3.58. The van der Waals surface area contributed by atoms with Crippen LogP contribution >= 0.6 is 0 Å². The topological polar surface area (TPSA) is 104 Å². The molecule has 5 atom stereocenters. The molecule has 0 radical (unpaired) electrons. The van der Waals surface area contributed by atoms with Gasteiger partial charge in [-0.25, -0.2) is 9.79 Å². The predicted octanol–water partition coefficient (Wildman–Crippen LogP) is 4.31. The smallest absolute Gasteiger partial charge is 0.337 e. The number of likely N-dealkylation sites (tertiary alicyclic amines) is 1. The number of hydrogen-bond donors (Lipinski definition) is 0. The molecule has 216 valence electrons. The van der Waals surface area contributed by atoms with Crippen LogP contribution in [0.4, 0.5) is 0 Å². The van der Waals surface area contributed by atoms with Gasteiger partial charge in [0, 0.05) is 18.7 Å². The molecule has 2 saturated heterocycles. The van der Waals surface area contributed by atoms with E-state index in [9.17, 15) is 14.4 Å². The van der Waals surface area contributed by atoms with Crippen molar-refractivity contribution >= 4 is 23.6 Å². The molecular formula is C33H32N2O7. The summed E-state index contributed by atoms with van der Waals surface area (Å²) in [5.41, 5.74) is 1.64. The Balaban J connectivity index is 1.56. The van der Waals surface area contributed by atoms with Gasteiger partial charge in [0.1, 0.15) is 23.6 Å². The Kier molecular flexibility index (Phi) is 7.16. The number of amides is 1. The number of fused-ring (bicyclic) bond motifs is 1. The number of ether oxygens (including phenoxy) is 4. The van der Waals surface area contributed by atoms with Crippen LogP contribution in [0.5, 0.6) is 0 Å². The van der Waals surface area contributed by atoms with Crippen molar-refractivity contribution in [2.24, 2.45) is 16.8 Å². The zero-order valence-corrected chi connectivity index (χ0v) is 23.7. The quantitative estimate of drug-likeness (QED) is 0.354. The third-order valence-electron chi connectivity index (χ3n) is 8.16. The number of aliphatic imine (C=N–C) groups is 1. The van der Waals surface area contributed by atoms with Crippen molar-refractivity contribution in [2.45, 2.75) is 37.9 Å². The minimum absolute atomic E-state index is 0.127. The van der Waals surface area contributed by atoms with Crippen molar-refractivity contribution < 1.29 is 33.3 Å². The average molecular weight is 569 g/mol. The first-order valence-corrected chi connectivity index (χ1v) is 14.1. The number of carbonyl (C=O) groups is 3. The first kappa shape index (κ1) is 27.8. The van der Waals surface area contributed by atoms with Gasteiger partial charge in [-0.2, -0.15) is 0 Å². The van der Waals surface area contributed by atoms with Crippen molar-refractivity contribution in [3.63, 3.8) is 0 Å². The molecule has 2 fully saturated rings. The molecule has 0 saturated carbocycles. The normalized spacial score (nSPS) is 27.5. The van der Waals surface area contributed by atoms with E-state index in [1.807, 2.05) is 60.7 Å². The molecule has 42 heavy (non-hydrogen) atoms. The van der Waals surface area contributed by atoms with Crippen LogP contribution in [0.2, 0.25) is 0 Å². The Hall–Kier alpha value is -4.34. The van der Waals surface area contributed by atoms with E-state index in [4.69, 9.17) is 23.9 Å². The van der Waals surface area contributed by atoms with Gasteiger partial charge in [-0.15, -0.1) is 0 Å². The van der Waals surface area contributed by atoms with Crippen LogP contribution in [0, 0.1) is 11.8 Å². The van der Waals surface area contributed by atoms with E-state index >= 15 is 0 Å². The van der Waals surface area contributed by atoms with Crippen molar-refractivity contribution in [3.8, 4) is 0 Å². The van der Waals surface area contributed by atoms with Gasteiger partial charge in [0.05, 0.1) is 19.3 Å². The van der Waals surface area contributed by atoms with Crippen LogP contribution in [0.15, 0.2) is 89.9 Å². The first-order valence-electron chi connectivity index (χ1n) is 14.1. The molecule has 3 aromatic carbocycles. The SMILES string of the molecule is CCOC(=O)[C@H]1[C@@H]2C(=O)N(Cc3ccccc3)C(c3ccccc3)[C@@]23N=C(c2ccc(C(=O)OC)cc2)[C@]1(OCC)O3. The molecule has 3 aliphatic heterocycles. The maximum absolute atomic E-state index is 14.5. The highest BCUT2D eigenvalue weighted by Gasteiger charge is 2.81. The maximum Gasteiger partial charge on any atom is 0.337 e. The maximum atomic E-state index is 14.5. The van der Waals surface area contributed by atoms with Gasteiger partial charge in [0.25, 0.3) is 0 Å². The summed E-state index contributed by atoms with van der Waals surface area (Å²) in [4.78, 5) is 47.3. The Labute approximate surface area is 244 Å². The van der Waals surface area contributed by atoms with Crippen LogP contribution < -0.4 is 0 Å². The Bertz CT molecular complexity index is 1520. The second-order valence-electron chi connectivity index (χ2n) is 10.5. The molecule has 0 aromatic heterocycles. The van der Waals surface area contributed by atoms with Gasteiger partial charge < -0.3 is 23.8 Å². The van der Waals surface area contributed by atoms with Gasteiger partial charge in [0.2, 0.25) is 11.7 Å². The first-order chi connectivity index (χ1) is 20.4. The third kappa shape index (κ3) is 4.15. The molecule has 3 heterocycles. The van der Waals surface area contributed by atoms with Gasteiger partial charge in [-0.3, -0.25) is 9.59 Å². The van der Waals surface area contributed by atoms with Crippen LogP contribution in [-0.4, -0.2) is 60.3 Å². The van der Waals surface area contributed by atoms with E-state index in [2.05, 4.69) is 0 Å². The summed E-state index contributed by atoms with van der Waals surface area (Å²) in [6, 6.07) is 25.3. The number of rotatable bonds is 9. The van der Waals surface area contributed by atoms with Crippen LogP contribution in [0.25, 0.3) is 0 Å². The summed E-state index contributed by atoms with van der Waals surface area (Å²) in [7, 11) is 1.32. The lowest BCUT2D eigenvalue weighted by atomic mass is 9.75. The number of esters is 2. The minimum atomic E-state index is -1.67. The summed E-state index contributed by atoms with van der Waals surface area (Å²) >= 11 is 0. The van der Waals surface area contributed by atoms with Gasteiger partial charge in [-0.05, 0) is 37.1 Å². The fourth-order valence-corrected chi connectivity index (χ4v) is 6.58. The fraction of sp³-hybridized carbons (Fsp3) is 0.333. The Morgan fingerprint density at radius 1 is 0.929 bits per heavy atom. The lowest BCUT2D eigenvalue weighted by Crippen LogP contribution is -2.53. The number of carbonyl (C=O) groups excluding carboxylic acids is 3.